The topological polar surface area (TPSA) is 394 Å². The SMILES string of the molecule is CCC(C)(C)C(=O)OC(C)(C)C(=O)OC1CC2CCC1(C)OC2=O.CCC(C)(C)C(=O)OCCC(=O)OC1(C)CCC2CC1OC2=O.CCC(C)(C)C(=O)OCCC(=O)OC1CCC2CC1(C)OC2=O.CCC(C)(C)C(=O)OCCC(=O)OC1CCC2CC1OC2=O.CCC(C)C(=O)OC(C)(C)C(=O)OC1(C)CCC2CC1(C)OC2=O. The Morgan fingerprint density at radius 1 is 0.414 bits per heavy atom. The maximum Gasteiger partial charge on any atom is 0.350 e. The van der Waals surface area contributed by atoms with Crippen molar-refractivity contribution in [3.63, 3.8) is 0 Å². The van der Waals surface area contributed by atoms with Crippen molar-refractivity contribution in [1.82, 2.24) is 0 Å². The smallest absolute Gasteiger partial charge is 0.350 e. The molecule has 6 aliphatic heterocycles. The Labute approximate surface area is 683 Å². The number of rotatable bonds is 28. The van der Waals surface area contributed by atoms with E-state index in [1.165, 1.54) is 27.7 Å². The Morgan fingerprint density at radius 2 is 0.862 bits per heavy atom. The van der Waals surface area contributed by atoms with Gasteiger partial charge in [0.1, 0.15) is 78.3 Å². The summed E-state index contributed by atoms with van der Waals surface area (Å²) in [6.07, 6.45) is 10.8. The summed E-state index contributed by atoms with van der Waals surface area (Å²) in [6.45, 7) is 40.8. The fourth-order valence-electron chi connectivity index (χ4n) is 14.5. The molecule has 5 aliphatic carbocycles. The summed E-state index contributed by atoms with van der Waals surface area (Å²) < 4.78 is 80.7. The molecule has 30 nitrogen and oxygen atoms in total. The second-order valence-electron chi connectivity index (χ2n) is 37.4. The standard InChI is InChI=1S/2C18H28O6.2C17H26O6.C16H24O6/c1-7-16(2,3)14(20)24-17(4,5)15(21)22-12-10-11-8-9-18(12,6)23-13(11)19;1-7-11(2)13(19)22-16(3,4)15(21)24-17(5)9-8-12-10-18(17,6)23-14(12)20;1-5-16(2,3)15(20)21-9-7-13(18)23-17(4)8-6-11-10-12(17)22-14(11)19;1-5-16(2,3)15(20)21-9-8-13(18)22-12-7-6-11-10-17(12,4)23-14(11)19;1-4-16(2,3)15(19)20-8-7-13(17)21-11-6-5-10-9-12(11)22-14(10)18/h2*11-12H,7-10H2,1-6H3;2*11-12H,5-10H2,1-4H3;10-12H,4-9H2,1-3H3. The first-order valence-electron chi connectivity index (χ1n) is 41.7. The second kappa shape index (κ2) is 38.4. The van der Waals surface area contributed by atoms with Gasteiger partial charge in [0.15, 0.2) is 0 Å². The summed E-state index contributed by atoms with van der Waals surface area (Å²) >= 11 is 0. The number of esters is 15. The lowest BCUT2D eigenvalue weighted by Crippen LogP contribution is -2.58. The quantitative estimate of drug-likeness (QED) is 0.0518. The first-order chi connectivity index (χ1) is 53.5. The van der Waals surface area contributed by atoms with Crippen LogP contribution in [0.5, 0.6) is 0 Å². The van der Waals surface area contributed by atoms with Gasteiger partial charge in [-0.05, 0) is 214 Å². The molecule has 5 saturated carbocycles. The number of carbonyl (C=O) groups is 15. The Kier molecular flexibility index (Phi) is 32.1. The molecular formula is C86H132O30. The largest absolute Gasteiger partial charge is 0.465 e. The van der Waals surface area contributed by atoms with E-state index in [0.717, 1.165) is 6.42 Å². The van der Waals surface area contributed by atoms with Crippen LogP contribution in [-0.4, -0.2) is 179 Å². The zero-order valence-corrected chi connectivity index (χ0v) is 73.0. The van der Waals surface area contributed by atoms with Crippen LogP contribution in [0.3, 0.4) is 0 Å². The summed E-state index contributed by atoms with van der Waals surface area (Å²) in [4.78, 5) is 179. The molecule has 11 aliphatic rings. The van der Waals surface area contributed by atoms with Crippen molar-refractivity contribution in [3.8, 4) is 0 Å². The van der Waals surface area contributed by atoms with Crippen LogP contribution in [0.2, 0.25) is 0 Å². The molecule has 0 aromatic heterocycles. The molecule has 16 atom stereocenters. The fraction of sp³-hybridized carbons (Fsp3) is 0.826. The average Bonchev–Trinajstić information content (AvgIpc) is 1.47. The number of ether oxygens (including phenoxy) is 15. The average molecular weight is 1650 g/mol. The fourth-order valence-corrected chi connectivity index (χ4v) is 14.5. The molecule has 0 N–H and O–H groups in total. The van der Waals surface area contributed by atoms with E-state index in [9.17, 15) is 71.9 Å². The predicted octanol–water partition coefficient (Wildman–Crippen LogP) is 12.3. The zero-order valence-electron chi connectivity index (χ0n) is 73.0. The number of fused-ring (bicyclic) bond motifs is 11. The van der Waals surface area contributed by atoms with Crippen LogP contribution < -0.4 is 0 Å². The van der Waals surface area contributed by atoms with Gasteiger partial charge >= 0.3 is 89.5 Å². The summed E-state index contributed by atoms with van der Waals surface area (Å²) in [7, 11) is 0. The zero-order chi connectivity index (χ0) is 87.5. The van der Waals surface area contributed by atoms with Crippen LogP contribution in [0.1, 0.15) is 307 Å². The van der Waals surface area contributed by atoms with E-state index >= 15 is 0 Å². The number of carbonyl (C=O) groups excluding carboxylic acids is 15. The molecule has 656 valence electrons. The second-order valence-corrected chi connectivity index (χ2v) is 37.4. The summed E-state index contributed by atoms with van der Waals surface area (Å²) in [5, 5.41) is 0. The van der Waals surface area contributed by atoms with Crippen LogP contribution in [0.4, 0.5) is 0 Å². The van der Waals surface area contributed by atoms with Crippen molar-refractivity contribution in [2.75, 3.05) is 19.8 Å². The van der Waals surface area contributed by atoms with Crippen molar-refractivity contribution in [1.29, 1.82) is 0 Å². The highest BCUT2D eigenvalue weighted by Crippen LogP contribution is 2.52. The van der Waals surface area contributed by atoms with Gasteiger partial charge in [-0.1, -0.05) is 41.5 Å². The Bertz CT molecular complexity index is 3620. The van der Waals surface area contributed by atoms with Crippen LogP contribution in [0.15, 0.2) is 0 Å². The molecule has 6 heterocycles. The molecule has 6 saturated heterocycles. The van der Waals surface area contributed by atoms with Gasteiger partial charge in [-0.2, -0.15) is 0 Å². The molecule has 16 unspecified atom stereocenters. The first-order valence-corrected chi connectivity index (χ1v) is 41.7. The van der Waals surface area contributed by atoms with E-state index in [0.29, 0.717) is 122 Å². The minimum atomic E-state index is -1.39. The van der Waals surface area contributed by atoms with Crippen LogP contribution in [0, 0.1) is 57.2 Å². The minimum absolute atomic E-state index is 0.00422. The monoisotopic (exact) mass is 1640 g/mol. The van der Waals surface area contributed by atoms with Gasteiger partial charge in [0, 0.05) is 32.1 Å². The maximum absolute atomic E-state index is 12.6. The van der Waals surface area contributed by atoms with E-state index in [1.54, 1.807) is 76.2 Å². The van der Waals surface area contributed by atoms with Gasteiger partial charge in [0.2, 0.25) is 11.2 Å². The minimum Gasteiger partial charge on any atom is -0.465 e. The van der Waals surface area contributed by atoms with E-state index in [4.69, 9.17) is 71.1 Å². The van der Waals surface area contributed by atoms with E-state index in [-0.39, 0.29) is 141 Å². The first kappa shape index (κ1) is 96.9. The molecule has 0 radical (unpaired) electrons. The maximum atomic E-state index is 12.6. The van der Waals surface area contributed by atoms with Gasteiger partial charge in [-0.25, -0.2) is 9.59 Å². The lowest BCUT2D eigenvalue weighted by atomic mass is 9.71. The number of hydrogen-bond donors (Lipinski definition) is 0. The molecule has 0 amide bonds. The molecule has 0 aromatic carbocycles. The number of hydrogen-bond acceptors (Lipinski definition) is 30. The third kappa shape index (κ3) is 24.2. The highest BCUT2D eigenvalue weighted by atomic mass is 16.7. The molecule has 30 heteroatoms. The summed E-state index contributed by atoms with van der Waals surface area (Å²) in [5.74, 6) is -6.08. The van der Waals surface area contributed by atoms with E-state index in [1.807, 2.05) is 55.4 Å². The van der Waals surface area contributed by atoms with Crippen LogP contribution in [-0.2, 0) is 143 Å². The molecule has 116 heavy (non-hydrogen) atoms. The van der Waals surface area contributed by atoms with Crippen molar-refractivity contribution >= 4 is 89.5 Å². The van der Waals surface area contributed by atoms with Gasteiger partial charge < -0.3 is 71.1 Å². The highest BCUT2D eigenvalue weighted by Gasteiger charge is 2.62. The molecule has 11 rings (SSSR count). The Hall–Kier alpha value is -7.95. The van der Waals surface area contributed by atoms with Crippen molar-refractivity contribution in [2.45, 2.75) is 377 Å². The van der Waals surface area contributed by atoms with Crippen molar-refractivity contribution in [2.24, 2.45) is 57.2 Å². The van der Waals surface area contributed by atoms with E-state index < -0.39 is 115 Å². The lowest BCUT2D eigenvalue weighted by Gasteiger charge is -2.48. The lowest BCUT2D eigenvalue weighted by molar-refractivity contribution is -0.225. The molecule has 0 aromatic rings. The van der Waals surface area contributed by atoms with Gasteiger partial charge in [0.25, 0.3) is 0 Å². The van der Waals surface area contributed by atoms with Crippen molar-refractivity contribution < 1.29 is 143 Å². The van der Waals surface area contributed by atoms with Gasteiger partial charge in [-0.15, -0.1) is 0 Å². The third-order valence-corrected chi connectivity index (χ3v) is 25.6. The van der Waals surface area contributed by atoms with Crippen LogP contribution >= 0.6 is 0 Å². The summed E-state index contributed by atoms with van der Waals surface area (Å²) in [6, 6.07) is 0. The van der Waals surface area contributed by atoms with Gasteiger partial charge in [0.05, 0.1) is 76.4 Å². The molecule has 11 fully saturated rings. The normalized spacial score (nSPS) is 30.1. The Morgan fingerprint density at radius 3 is 1.40 bits per heavy atom. The molecule has 10 bridgehead atoms. The van der Waals surface area contributed by atoms with E-state index in [2.05, 4.69) is 0 Å². The van der Waals surface area contributed by atoms with Crippen LogP contribution in [0.25, 0.3) is 0 Å². The highest BCUT2D eigenvalue weighted by molar-refractivity contribution is 5.86. The van der Waals surface area contributed by atoms with Crippen molar-refractivity contribution in [3.05, 3.63) is 0 Å². The van der Waals surface area contributed by atoms with Gasteiger partial charge in [-0.3, -0.25) is 62.3 Å². The summed E-state index contributed by atoms with van der Waals surface area (Å²) in [5.41, 5.74) is -9.11. The molecule has 0 spiro atoms. The third-order valence-electron chi connectivity index (χ3n) is 25.6. The predicted molar refractivity (Wildman–Crippen MR) is 411 cm³/mol. The molecular weight excluding hydrogens is 1510 g/mol. The Balaban J connectivity index is 0.000000225.